The van der Waals surface area contributed by atoms with E-state index in [1.807, 2.05) is 0 Å². The number of methoxy groups -OCH3 is 1. The van der Waals surface area contributed by atoms with E-state index in [1.54, 1.807) is 48.5 Å². The fraction of sp³-hybridized carbons (Fsp3) is 0.317. The Hall–Kier alpha value is -5.98. The number of nitrogens with one attached hydrogen (secondary N) is 1. The number of carboxylic acid groups (broad SMARTS) is 1. The zero-order valence-electron chi connectivity index (χ0n) is 30.4. The first-order valence-corrected chi connectivity index (χ1v) is 17.5. The second kappa shape index (κ2) is 19.7. The molecule has 0 saturated heterocycles. The average Bonchev–Trinajstić information content (AvgIpc) is 3.13. The summed E-state index contributed by atoms with van der Waals surface area (Å²) in [5.74, 6) is -1.73. The van der Waals surface area contributed by atoms with E-state index in [2.05, 4.69) is 17.0 Å². The first-order chi connectivity index (χ1) is 25.8. The molecule has 0 atom stereocenters. The molecule has 11 nitrogen and oxygen atoms in total. The quantitative estimate of drug-likeness (QED) is 0.0521. The Bertz CT molecular complexity index is 1860. The van der Waals surface area contributed by atoms with Gasteiger partial charge in [-0.05, 0) is 78.7 Å². The van der Waals surface area contributed by atoms with E-state index in [0.717, 1.165) is 17.7 Å². The Morgan fingerprint density at radius 2 is 1.43 bits per heavy atom. The molecule has 0 aliphatic carbocycles. The minimum Gasteiger partial charge on any atom is -0.496 e. The number of rotatable bonds is 20. The van der Waals surface area contributed by atoms with Gasteiger partial charge in [0.25, 0.3) is 5.91 Å². The van der Waals surface area contributed by atoms with Gasteiger partial charge in [0, 0.05) is 36.3 Å². The predicted molar refractivity (Wildman–Crippen MR) is 197 cm³/mol. The summed E-state index contributed by atoms with van der Waals surface area (Å²) in [7, 11) is 1.34. The number of halogens is 2. The zero-order valence-corrected chi connectivity index (χ0v) is 30.4. The standard InChI is InChI=1S/C41H44F2N2O9/c1-4-5-6-7-8-23-52-33-20-13-30(14-21-33)40(50)53-34-18-9-28(10-19-34)26-45(27-38(47)48)39(49)29-11-16-32(17-12-29)44-37(46)24-31-15-22-35(25-36(31)51-3)54-41(2,42)43/h9-22,25H,4-8,23-24,26-27H2,1-3H3,(H,44,46)(H,47,48). The summed E-state index contributed by atoms with van der Waals surface area (Å²) in [4.78, 5) is 51.7. The van der Waals surface area contributed by atoms with Crippen molar-refractivity contribution in [3.63, 3.8) is 0 Å². The van der Waals surface area contributed by atoms with Crippen LogP contribution in [0.25, 0.3) is 0 Å². The molecule has 0 radical (unpaired) electrons. The predicted octanol–water partition coefficient (Wildman–Crippen LogP) is 8.16. The van der Waals surface area contributed by atoms with Crippen molar-refractivity contribution in [2.45, 2.75) is 65.0 Å². The molecule has 0 aromatic heterocycles. The van der Waals surface area contributed by atoms with Gasteiger partial charge in [0.2, 0.25) is 5.91 Å². The summed E-state index contributed by atoms with van der Waals surface area (Å²) in [6.07, 6.45) is 2.16. The molecular weight excluding hydrogens is 702 g/mol. The second-order valence-electron chi connectivity index (χ2n) is 12.6. The number of carbonyl (C=O) groups is 4. The Morgan fingerprint density at radius 3 is 2.06 bits per heavy atom. The van der Waals surface area contributed by atoms with Gasteiger partial charge in [-0.3, -0.25) is 14.4 Å². The van der Waals surface area contributed by atoms with E-state index >= 15 is 0 Å². The third-order valence-corrected chi connectivity index (χ3v) is 8.05. The molecule has 13 heteroatoms. The Morgan fingerprint density at radius 1 is 0.796 bits per heavy atom. The van der Waals surface area contributed by atoms with Crippen LogP contribution in [0.1, 0.15) is 77.8 Å². The number of aliphatic carboxylic acids is 1. The lowest BCUT2D eigenvalue weighted by molar-refractivity contribution is -0.159. The highest BCUT2D eigenvalue weighted by atomic mass is 19.3. The van der Waals surface area contributed by atoms with Crippen molar-refractivity contribution in [2.75, 3.05) is 25.6 Å². The van der Waals surface area contributed by atoms with Crippen LogP contribution in [-0.4, -0.2) is 60.1 Å². The maximum Gasteiger partial charge on any atom is 0.394 e. The lowest BCUT2D eigenvalue weighted by atomic mass is 10.1. The molecule has 0 saturated carbocycles. The third kappa shape index (κ3) is 13.2. The molecular formula is C41H44F2N2O9. The largest absolute Gasteiger partial charge is 0.496 e. The van der Waals surface area contributed by atoms with Crippen molar-refractivity contribution >= 4 is 29.4 Å². The van der Waals surface area contributed by atoms with E-state index in [-0.39, 0.29) is 35.8 Å². The average molecular weight is 747 g/mol. The number of anilines is 1. The van der Waals surface area contributed by atoms with Gasteiger partial charge >= 0.3 is 18.0 Å². The monoisotopic (exact) mass is 746 g/mol. The number of benzene rings is 4. The number of alkyl halides is 2. The fourth-order valence-electron chi connectivity index (χ4n) is 5.39. The van der Waals surface area contributed by atoms with Crippen molar-refractivity contribution < 1.29 is 52.0 Å². The van der Waals surface area contributed by atoms with Crippen molar-refractivity contribution in [3.8, 4) is 23.0 Å². The SMILES string of the molecule is CCCCCCCOc1ccc(C(=O)Oc2ccc(CN(CC(=O)O)C(=O)c3ccc(NC(=O)Cc4ccc(OC(C)(F)F)cc4OC)cc3)cc2)cc1. The Labute approximate surface area is 312 Å². The van der Waals surface area contributed by atoms with Gasteiger partial charge in [-0.2, -0.15) is 8.78 Å². The number of carbonyl (C=O) groups excluding carboxylic acids is 3. The molecule has 0 spiro atoms. The van der Waals surface area contributed by atoms with Crippen LogP contribution in [0.15, 0.2) is 91.0 Å². The molecule has 54 heavy (non-hydrogen) atoms. The highest BCUT2D eigenvalue weighted by Crippen LogP contribution is 2.29. The Balaban J connectivity index is 1.31. The van der Waals surface area contributed by atoms with E-state index in [1.165, 1.54) is 68.8 Å². The van der Waals surface area contributed by atoms with Gasteiger partial charge < -0.3 is 34.3 Å². The summed E-state index contributed by atoms with van der Waals surface area (Å²) < 4.78 is 47.5. The topological polar surface area (TPSA) is 141 Å². The van der Waals surface area contributed by atoms with Crippen LogP contribution in [0.3, 0.4) is 0 Å². The molecule has 0 aliphatic heterocycles. The summed E-state index contributed by atoms with van der Waals surface area (Å²) in [6.45, 7) is 2.78. The van der Waals surface area contributed by atoms with Crippen molar-refractivity contribution in [3.05, 3.63) is 113 Å². The first kappa shape index (κ1) is 40.8. The fourth-order valence-corrected chi connectivity index (χ4v) is 5.39. The molecule has 0 fully saturated rings. The van der Waals surface area contributed by atoms with Crippen LogP contribution in [0, 0.1) is 0 Å². The van der Waals surface area contributed by atoms with Crippen molar-refractivity contribution in [2.24, 2.45) is 0 Å². The molecule has 4 aromatic carbocycles. The van der Waals surface area contributed by atoms with Crippen molar-refractivity contribution in [1.29, 1.82) is 0 Å². The molecule has 0 bridgehead atoms. The van der Waals surface area contributed by atoms with Gasteiger partial charge in [0.05, 0.1) is 25.7 Å². The highest BCUT2D eigenvalue weighted by molar-refractivity contribution is 5.97. The number of nitrogens with zero attached hydrogens (tertiary/aromatic N) is 1. The van der Waals surface area contributed by atoms with E-state index < -0.39 is 36.4 Å². The van der Waals surface area contributed by atoms with Gasteiger partial charge in [0.15, 0.2) is 0 Å². The molecule has 2 amide bonds. The molecule has 2 N–H and O–H groups in total. The number of unbranched alkanes of at least 4 members (excludes halogenated alkanes) is 4. The minimum atomic E-state index is -3.39. The van der Waals surface area contributed by atoms with Crippen LogP contribution in [0.2, 0.25) is 0 Å². The molecule has 4 aromatic rings. The Kier molecular flexibility index (Phi) is 14.9. The maximum atomic E-state index is 13.4. The van der Waals surface area contributed by atoms with Crippen LogP contribution in [-0.2, 0) is 22.6 Å². The lowest BCUT2D eigenvalue weighted by Gasteiger charge is -2.21. The number of amides is 2. The number of esters is 1. The zero-order chi connectivity index (χ0) is 39.1. The number of ether oxygens (including phenoxy) is 4. The first-order valence-electron chi connectivity index (χ1n) is 17.5. The number of hydrogen-bond donors (Lipinski definition) is 2. The summed E-state index contributed by atoms with van der Waals surface area (Å²) in [5.41, 5.74) is 1.94. The van der Waals surface area contributed by atoms with Gasteiger partial charge in [-0.1, -0.05) is 50.8 Å². The normalized spacial score (nSPS) is 11.0. The van der Waals surface area contributed by atoms with Crippen LogP contribution >= 0.6 is 0 Å². The second-order valence-corrected chi connectivity index (χ2v) is 12.6. The van der Waals surface area contributed by atoms with E-state index in [0.29, 0.717) is 41.7 Å². The summed E-state index contributed by atoms with van der Waals surface area (Å²) in [6, 6.07) is 23.0. The van der Waals surface area contributed by atoms with E-state index in [9.17, 15) is 33.1 Å². The molecule has 0 aliphatic rings. The van der Waals surface area contributed by atoms with Crippen LogP contribution in [0.5, 0.6) is 23.0 Å². The third-order valence-electron chi connectivity index (χ3n) is 8.05. The van der Waals surface area contributed by atoms with Gasteiger partial charge in [-0.15, -0.1) is 0 Å². The smallest absolute Gasteiger partial charge is 0.394 e. The van der Waals surface area contributed by atoms with Gasteiger partial charge in [-0.25, -0.2) is 4.79 Å². The number of carboxylic acids is 1. The molecule has 286 valence electrons. The van der Waals surface area contributed by atoms with E-state index in [4.69, 9.17) is 14.2 Å². The van der Waals surface area contributed by atoms with Crippen LogP contribution in [0.4, 0.5) is 14.5 Å². The minimum absolute atomic E-state index is 0.0422. The summed E-state index contributed by atoms with van der Waals surface area (Å²) in [5, 5.41) is 12.2. The summed E-state index contributed by atoms with van der Waals surface area (Å²) >= 11 is 0. The lowest BCUT2D eigenvalue weighted by Crippen LogP contribution is -2.35. The maximum absolute atomic E-state index is 13.4. The van der Waals surface area contributed by atoms with Crippen LogP contribution < -0.4 is 24.3 Å². The number of hydrogen-bond acceptors (Lipinski definition) is 8. The van der Waals surface area contributed by atoms with Crippen molar-refractivity contribution in [1.82, 2.24) is 4.90 Å². The molecule has 0 heterocycles. The molecule has 0 unspecified atom stereocenters. The van der Waals surface area contributed by atoms with Gasteiger partial charge in [0.1, 0.15) is 29.5 Å². The molecule has 4 rings (SSSR count). The highest BCUT2D eigenvalue weighted by Gasteiger charge is 2.24.